The second-order valence-corrected chi connectivity index (χ2v) is 11.3. The monoisotopic (exact) mass is 595 g/mol. The number of likely N-dealkylation sites (tertiary alicyclic amines) is 1. The first-order chi connectivity index (χ1) is 20.5. The van der Waals surface area contributed by atoms with Crippen LogP contribution in [-0.2, 0) is 19.3 Å². The van der Waals surface area contributed by atoms with Crippen LogP contribution in [0.5, 0.6) is 5.75 Å². The van der Waals surface area contributed by atoms with Crippen molar-refractivity contribution < 1.29 is 22.7 Å². The molecule has 1 atom stereocenters. The molecule has 0 aliphatic carbocycles. The number of fused-ring (bicyclic) bond motifs is 1. The fraction of sp³-hybridized carbons (Fsp3) is 0.406. The van der Waals surface area contributed by atoms with Gasteiger partial charge in [-0.2, -0.15) is 13.2 Å². The number of aromatic nitrogens is 3. The highest BCUT2D eigenvalue weighted by atomic mass is 19.4. The van der Waals surface area contributed by atoms with Crippen molar-refractivity contribution in [3.63, 3.8) is 0 Å². The number of aryl methyl sites for hydroxylation is 1. The van der Waals surface area contributed by atoms with Crippen LogP contribution in [0.3, 0.4) is 0 Å². The Labute approximate surface area is 247 Å². The predicted molar refractivity (Wildman–Crippen MR) is 158 cm³/mol. The molecule has 0 spiro atoms. The van der Waals surface area contributed by atoms with E-state index in [1.54, 1.807) is 19.1 Å². The van der Waals surface area contributed by atoms with Crippen molar-refractivity contribution in [1.29, 1.82) is 0 Å². The average molecular weight is 596 g/mol. The van der Waals surface area contributed by atoms with E-state index in [0.717, 1.165) is 48.6 Å². The second kappa shape index (κ2) is 12.2. The van der Waals surface area contributed by atoms with Gasteiger partial charge in [0.25, 0.3) is 11.5 Å². The van der Waals surface area contributed by atoms with Crippen LogP contribution in [-0.4, -0.2) is 45.5 Å². The van der Waals surface area contributed by atoms with Gasteiger partial charge in [0.1, 0.15) is 11.4 Å². The highest BCUT2D eigenvalue weighted by Gasteiger charge is 2.33. The number of amides is 1. The molecule has 1 aromatic carbocycles. The fourth-order valence-corrected chi connectivity index (χ4v) is 6.29. The number of rotatable bonds is 8. The summed E-state index contributed by atoms with van der Waals surface area (Å²) in [4.78, 5) is 34.5. The van der Waals surface area contributed by atoms with Gasteiger partial charge >= 0.3 is 6.18 Å². The molecule has 5 rings (SSSR count). The summed E-state index contributed by atoms with van der Waals surface area (Å²) in [6, 6.07) is 12.4. The number of pyridine rings is 2. The maximum Gasteiger partial charge on any atom is 0.433 e. The maximum atomic E-state index is 13.6. The van der Waals surface area contributed by atoms with E-state index in [0.29, 0.717) is 40.6 Å². The number of piperidine rings is 1. The van der Waals surface area contributed by atoms with E-state index >= 15 is 0 Å². The Bertz CT molecular complexity index is 1690. The maximum absolute atomic E-state index is 13.6. The van der Waals surface area contributed by atoms with Crippen LogP contribution >= 0.6 is 0 Å². The molecule has 11 heteroatoms. The van der Waals surface area contributed by atoms with Gasteiger partial charge in [-0.25, -0.2) is 0 Å². The molecule has 4 aromatic rings. The van der Waals surface area contributed by atoms with Crippen LogP contribution in [0.25, 0.3) is 10.9 Å². The van der Waals surface area contributed by atoms with Crippen molar-refractivity contribution in [2.45, 2.75) is 58.9 Å². The number of alkyl halides is 3. The zero-order valence-corrected chi connectivity index (χ0v) is 24.7. The van der Waals surface area contributed by atoms with Crippen molar-refractivity contribution in [2.24, 2.45) is 5.92 Å². The molecule has 43 heavy (non-hydrogen) atoms. The number of ether oxygens (including phenoxy) is 1. The fourth-order valence-electron chi connectivity index (χ4n) is 6.29. The molecular formula is C32H36F3N5O3. The minimum absolute atomic E-state index is 0.0204. The minimum atomic E-state index is -4.46. The van der Waals surface area contributed by atoms with E-state index in [4.69, 9.17) is 4.74 Å². The van der Waals surface area contributed by atoms with Gasteiger partial charge in [0, 0.05) is 41.1 Å². The van der Waals surface area contributed by atoms with Crippen LogP contribution in [0.2, 0.25) is 0 Å². The molecule has 0 radical (unpaired) electrons. The molecule has 1 amide bonds. The second-order valence-electron chi connectivity index (χ2n) is 11.3. The number of nitrogens with zero attached hydrogens (tertiary/aromatic N) is 3. The number of nitrogens with one attached hydrogen (secondary N) is 2. The van der Waals surface area contributed by atoms with Gasteiger partial charge < -0.3 is 19.6 Å². The smallest absolute Gasteiger partial charge is 0.433 e. The average Bonchev–Trinajstić information content (AvgIpc) is 3.27. The third-order valence-electron chi connectivity index (χ3n) is 8.50. The molecule has 1 unspecified atom stereocenters. The summed E-state index contributed by atoms with van der Waals surface area (Å²) in [6.07, 6.45) is -1.49. The Hall–Kier alpha value is -4.12. The molecule has 0 saturated carbocycles. The van der Waals surface area contributed by atoms with Crippen LogP contribution in [0.1, 0.15) is 64.4 Å². The van der Waals surface area contributed by atoms with Gasteiger partial charge in [0.05, 0.1) is 24.8 Å². The van der Waals surface area contributed by atoms with Crippen molar-refractivity contribution in [3.05, 3.63) is 92.8 Å². The first-order valence-corrected chi connectivity index (χ1v) is 14.4. The third kappa shape index (κ3) is 6.31. The SMILES string of the molecule is COc1cc(C)[nH]c(=O)c1CNC(=O)c1c(C)n(C(C)C2CCN(Cc3ccnc(C(F)(F)F)c3)CC2)c2ccccc12. The molecular weight excluding hydrogens is 559 g/mol. The Morgan fingerprint density at radius 3 is 2.58 bits per heavy atom. The third-order valence-corrected chi connectivity index (χ3v) is 8.50. The Balaban J connectivity index is 1.31. The quantitative estimate of drug-likeness (QED) is 0.270. The lowest BCUT2D eigenvalue weighted by Crippen LogP contribution is -2.36. The number of aromatic amines is 1. The van der Waals surface area contributed by atoms with E-state index in [-0.39, 0.29) is 24.1 Å². The summed E-state index contributed by atoms with van der Waals surface area (Å²) in [7, 11) is 1.49. The van der Waals surface area contributed by atoms with Gasteiger partial charge in [-0.1, -0.05) is 18.2 Å². The zero-order chi connectivity index (χ0) is 30.9. The highest BCUT2D eigenvalue weighted by molar-refractivity contribution is 6.08. The molecule has 1 aliphatic rings. The number of halogens is 3. The number of benzene rings is 1. The number of hydrogen-bond donors (Lipinski definition) is 2. The van der Waals surface area contributed by atoms with Crippen molar-refractivity contribution in [3.8, 4) is 5.75 Å². The molecule has 8 nitrogen and oxygen atoms in total. The van der Waals surface area contributed by atoms with E-state index in [1.165, 1.54) is 13.3 Å². The van der Waals surface area contributed by atoms with E-state index in [1.807, 2.05) is 31.2 Å². The first kappa shape index (κ1) is 30.3. The van der Waals surface area contributed by atoms with Gasteiger partial charge in [-0.15, -0.1) is 0 Å². The summed E-state index contributed by atoms with van der Waals surface area (Å²) in [5, 5.41) is 3.76. The number of para-hydroxylation sites is 1. The van der Waals surface area contributed by atoms with Crippen molar-refractivity contribution >= 4 is 16.8 Å². The van der Waals surface area contributed by atoms with E-state index in [9.17, 15) is 22.8 Å². The van der Waals surface area contributed by atoms with Gasteiger partial charge in [-0.3, -0.25) is 19.5 Å². The molecule has 0 bridgehead atoms. The summed E-state index contributed by atoms with van der Waals surface area (Å²) in [6.45, 7) is 7.86. The largest absolute Gasteiger partial charge is 0.496 e. The van der Waals surface area contributed by atoms with Gasteiger partial charge in [0.2, 0.25) is 0 Å². The molecule has 1 saturated heterocycles. The lowest BCUT2D eigenvalue weighted by Gasteiger charge is -2.36. The lowest BCUT2D eigenvalue weighted by molar-refractivity contribution is -0.141. The number of methoxy groups -OCH3 is 1. The van der Waals surface area contributed by atoms with Crippen molar-refractivity contribution in [1.82, 2.24) is 24.8 Å². The summed E-state index contributed by atoms with van der Waals surface area (Å²) in [5.41, 5.74) is 2.82. The number of hydrogen-bond acceptors (Lipinski definition) is 5. The number of carbonyl (C=O) groups excluding carboxylic acids is 1. The van der Waals surface area contributed by atoms with Crippen molar-refractivity contribution in [2.75, 3.05) is 20.2 Å². The highest BCUT2D eigenvalue weighted by Crippen LogP contribution is 2.36. The molecule has 228 valence electrons. The summed E-state index contributed by atoms with van der Waals surface area (Å²) in [5.74, 6) is 0.470. The molecule has 2 N–H and O–H groups in total. The molecule has 1 aliphatic heterocycles. The standard InChI is InChI=1S/C32H36F3N5O3/c1-19-15-27(43-4)25(30(41)38-19)17-37-31(42)29-21(3)40(26-8-6-5-7-24(26)29)20(2)23-10-13-39(14-11-23)18-22-9-12-36-28(16-22)32(33,34)35/h5-9,12,15-16,20,23H,10-11,13-14,17-18H2,1-4H3,(H,37,42)(H,38,41). The van der Waals surface area contributed by atoms with Crippen LogP contribution < -0.4 is 15.6 Å². The minimum Gasteiger partial charge on any atom is -0.496 e. The van der Waals surface area contributed by atoms with Crippen LogP contribution in [0.15, 0.2) is 53.5 Å². The summed E-state index contributed by atoms with van der Waals surface area (Å²) < 4.78 is 46.9. The number of H-pyrrole nitrogens is 1. The van der Waals surface area contributed by atoms with Crippen LogP contribution in [0, 0.1) is 19.8 Å². The summed E-state index contributed by atoms with van der Waals surface area (Å²) >= 11 is 0. The Morgan fingerprint density at radius 2 is 1.88 bits per heavy atom. The van der Waals surface area contributed by atoms with E-state index < -0.39 is 11.9 Å². The topological polar surface area (TPSA) is 92.2 Å². The predicted octanol–water partition coefficient (Wildman–Crippen LogP) is 5.77. The Morgan fingerprint density at radius 1 is 1.16 bits per heavy atom. The van der Waals surface area contributed by atoms with Gasteiger partial charge in [0.15, 0.2) is 0 Å². The van der Waals surface area contributed by atoms with Crippen LogP contribution in [0.4, 0.5) is 13.2 Å². The number of carbonyl (C=O) groups is 1. The van der Waals surface area contributed by atoms with Gasteiger partial charge in [-0.05, 0) is 82.4 Å². The molecule has 1 fully saturated rings. The first-order valence-electron chi connectivity index (χ1n) is 14.4. The Kier molecular flexibility index (Phi) is 8.64. The van der Waals surface area contributed by atoms with E-state index in [2.05, 4.69) is 31.7 Å². The normalized spacial score (nSPS) is 15.5. The molecule has 4 heterocycles. The molecule has 3 aromatic heterocycles. The lowest BCUT2D eigenvalue weighted by atomic mass is 9.89. The zero-order valence-electron chi connectivity index (χ0n) is 24.7.